The third-order valence-electron chi connectivity index (χ3n) is 4.53. The number of rotatable bonds is 6. The molecular formula is C24H27BrN2O. The fourth-order valence-corrected chi connectivity index (χ4v) is 3.84. The second-order valence-corrected chi connectivity index (χ2v) is 9.00. The quantitative estimate of drug-likeness (QED) is 0.444. The van der Waals surface area contributed by atoms with E-state index in [0.29, 0.717) is 11.8 Å². The summed E-state index contributed by atoms with van der Waals surface area (Å²) in [6, 6.07) is 17.9. The van der Waals surface area contributed by atoms with Crippen molar-refractivity contribution in [2.75, 3.05) is 13.1 Å². The Bertz CT molecular complexity index is 971. The number of hydrogen-bond donors (Lipinski definition) is 0. The lowest BCUT2D eigenvalue weighted by Crippen LogP contribution is -2.37. The van der Waals surface area contributed by atoms with Crippen LogP contribution in [0.1, 0.15) is 38.1 Å². The van der Waals surface area contributed by atoms with E-state index in [2.05, 4.69) is 43.6 Å². The van der Waals surface area contributed by atoms with Gasteiger partial charge in [0.25, 0.3) is 5.91 Å². The van der Waals surface area contributed by atoms with E-state index in [1.54, 1.807) is 0 Å². The summed E-state index contributed by atoms with van der Waals surface area (Å²) in [5.41, 5.74) is 3.38. The maximum absolute atomic E-state index is 13.6. The predicted molar refractivity (Wildman–Crippen MR) is 120 cm³/mol. The molecule has 0 aliphatic heterocycles. The largest absolute Gasteiger partial charge is 0.338 e. The van der Waals surface area contributed by atoms with Gasteiger partial charge < -0.3 is 4.90 Å². The summed E-state index contributed by atoms with van der Waals surface area (Å²) in [6.07, 6.45) is 0. The zero-order valence-electron chi connectivity index (χ0n) is 16.9. The minimum Gasteiger partial charge on any atom is -0.338 e. The van der Waals surface area contributed by atoms with Crippen LogP contribution in [0.2, 0.25) is 0 Å². The van der Waals surface area contributed by atoms with Crippen molar-refractivity contribution in [2.45, 2.75) is 27.7 Å². The first kappa shape index (κ1) is 20.5. The van der Waals surface area contributed by atoms with Gasteiger partial charge in [0.1, 0.15) is 0 Å². The van der Waals surface area contributed by atoms with Crippen molar-refractivity contribution in [3.63, 3.8) is 0 Å². The van der Waals surface area contributed by atoms with E-state index in [9.17, 15) is 4.79 Å². The first-order chi connectivity index (χ1) is 13.3. The van der Waals surface area contributed by atoms with Crippen LogP contribution >= 0.6 is 15.9 Å². The number of halogens is 1. The second kappa shape index (κ2) is 8.87. The Balaban J connectivity index is 2.13. The fraction of sp³-hybridized carbons (Fsp3) is 0.333. The molecule has 146 valence electrons. The van der Waals surface area contributed by atoms with Crippen molar-refractivity contribution in [3.05, 3.63) is 64.6 Å². The number of amides is 1. The Labute approximate surface area is 175 Å². The van der Waals surface area contributed by atoms with Gasteiger partial charge in [-0.25, -0.2) is 4.98 Å². The van der Waals surface area contributed by atoms with Gasteiger partial charge in [0.15, 0.2) is 0 Å². The minimum atomic E-state index is 0.0808. The summed E-state index contributed by atoms with van der Waals surface area (Å²) >= 11 is 3.53. The summed E-state index contributed by atoms with van der Waals surface area (Å²) in [7, 11) is 0. The molecule has 3 aromatic rings. The van der Waals surface area contributed by atoms with Gasteiger partial charge in [0.2, 0.25) is 0 Å². The summed E-state index contributed by atoms with van der Waals surface area (Å²) in [5, 5.41) is 0.906. The summed E-state index contributed by atoms with van der Waals surface area (Å²) < 4.78 is 0.995. The number of fused-ring (bicyclic) bond motifs is 1. The average Bonchev–Trinajstić information content (AvgIpc) is 2.65. The first-order valence-electron chi connectivity index (χ1n) is 9.80. The van der Waals surface area contributed by atoms with Gasteiger partial charge in [-0.15, -0.1) is 0 Å². The molecule has 1 aromatic heterocycles. The SMILES string of the molecule is CC(C)CN(CC(C)C)C(=O)c1cc(-c2cccc(Br)c2)nc2ccccc12. The smallest absolute Gasteiger partial charge is 0.254 e. The molecule has 0 saturated heterocycles. The van der Waals surface area contributed by atoms with Crippen LogP contribution < -0.4 is 0 Å². The maximum atomic E-state index is 13.6. The summed E-state index contributed by atoms with van der Waals surface area (Å²) in [6.45, 7) is 10.1. The van der Waals surface area contributed by atoms with E-state index >= 15 is 0 Å². The third kappa shape index (κ3) is 4.79. The minimum absolute atomic E-state index is 0.0808. The molecule has 1 amide bonds. The summed E-state index contributed by atoms with van der Waals surface area (Å²) in [4.78, 5) is 20.4. The van der Waals surface area contributed by atoms with E-state index in [1.165, 1.54) is 0 Å². The highest BCUT2D eigenvalue weighted by Gasteiger charge is 2.21. The van der Waals surface area contributed by atoms with Gasteiger partial charge >= 0.3 is 0 Å². The van der Waals surface area contributed by atoms with E-state index < -0.39 is 0 Å². The highest BCUT2D eigenvalue weighted by atomic mass is 79.9. The Kier molecular flexibility index (Phi) is 6.50. The molecule has 0 spiro atoms. The second-order valence-electron chi connectivity index (χ2n) is 8.08. The number of pyridine rings is 1. The molecule has 0 fully saturated rings. The van der Waals surface area contributed by atoms with Crippen LogP contribution in [-0.4, -0.2) is 28.9 Å². The van der Waals surface area contributed by atoms with Crippen LogP contribution in [0.15, 0.2) is 59.1 Å². The molecule has 4 heteroatoms. The predicted octanol–water partition coefficient (Wildman–Crippen LogP) is 6.42. The number of carbonyl (C=O) groups is 1. The molecule has 0 radical (unpaired) electrons. The number of benzene rings is 2. The number of hydrogen-bond acceptors (Lipinski definition) is 2. The van der Waals surface area contributed by atoms with Crippen molar-refractivity contribution in [1.82, 2.24) is 9.88 Å². The molecule has 2 aromatic carbocycles. The molecular weight excluding hydrogens is 412 g/mol. The topological polar surface area (TPSA) is 33.2 Å². The number of para-hydroxylation sites is 1. The lowest BCUT2D eigenvalue weighted by atomic mass is 10.0. The molecule has 0 bridgehead atoms. The normalized spacial score (nSPS) is 11.4. The van der Waals surface area contributed by atoms with Crippen LogP contribution in [0.5, 0.6) is 0 Å². The molecule has 0 N–H and O–H groups in total. The van der Waals surface area contributed by atoms with Gasteiger partial charge in [0.05, 0.1) is 16.8 Å². The molecule has 1 heterocycles. The van der Waals surface area contributed by atoms with Gasteiger partial charge in [-0.2, -0.15) is 0 Å². The maximum Gasteiger partial charge on any atom is 0.254 e. The first-order valence-corrected chi connectivity index (χ1v) is 10.6. The van der Waals surface area contributed by atoms with Crippen molar-refractivity contribution in [2.24, 2.45) is 11.8 Å². The number of nitrogens with zero attached hydrogens (tertiary/aromatic N) is 2. The van der Waals surface area contributed by atoms with E-state index in [-0.39, 0.29) is 5.91 Å². The Morgan fingerprint density at radius 3 is 2.29 bits per heavy atom. The Hall–Kier alpha value is -2.20. The van der Waals surface area contributed by atoms with Crippen LogP contribution in [-0.2, 0) is 0 Å². The van der Waals surface area contributed by atoms with E-state index in [1.807, 2.05) is 59.5 Å². The molecule has 0 unspecified atom stereocenters. The monoisotopic (exact) mass is 438 g/mol. The van der Waals surface area contributed by atoms with Crippen LogP contribution in [0.25, 0.3) is 22.2 Å². The lowest BCUT2D eigenvalue weighted by Gasteiger charge is -2.27. The molecule has 0 saturated carbocycles. The number of aromatic nitrogens is 1. The zero-order chi connectivity index (χ0) is 20.3. The van der Waals surface area contributed by atoms with Gasteiger partial charge in [-0.05, 0) is 36.1 Å². The van der Waals surface area contributed by atoms with E-state index in [4.69, 9.17) is 4.98 Å². The third-order valence-corrected chi connectivity index (χ3v) is 5.02. The molecule has 0 aliphatic carbocycles. The highest BCUT2D eigenvalue weighted by Crippen LogP contribution is 2.28. The van der Waals surface area contributed by atoms with Crippen molar-refractivity contribution >= 4 is 32.7 Å². The standard InChI is InChI=1S/C24H27BrN2O/c1-16(2)14-27(15-17(3)4)24(28)21-13-23(18-8-7-9-19(25)12-18)26-22-11-6-5-10-20(21)22/h5-13,16-17H,14-15H2,1-4H3. The van der Waals surface area contributed by atoms with Gasteiger partial charge in [0, 0.05) is 28.5 Å². The summed E-state index contributed by atoms with van der Waals surface area (Å²) in [5.74, 6) is 0.915. The van der Waals surface area contributed by atoms with Gasteiger partial charge in [-0.1, -0.05) is 74.0 Å². The van der Waals surface area contributed by atoms with Crippen LogP contribution in [0.3, 0.4) is 0 Å². The molecule has 28 heavy (non-hydrogen) atoms. The molecule has 3 rings (SSSR count). The van der Waals surface area contributed by atoms with E-state index in [0.717, 1.165) is 45.3 Å². The average molecular weight is 439 g/mol. The molecule has 0 aliphatic rings. The van der Waals surface area contributed by atoms with Crippen molar-refractivity contribution in [1.29, 1.82) is 0 Å². The van der Waals surface area contributed by atoms with Crippen LogP contribution in [0, 0.1) is 11.8 Å². The van der Waals surface area contributed by atoms with Crippen molar-refractivity contribution in [3.8, 4) is 11.3 Å². The Morgan fingerprint density at radius 1 is 0.964 bits per heavy atom. The molecule has 0 atom stereocenters. The van der Waals surface area contributed by atoms with Crippen LogP contribution in [0.4, 0.5) is 0 Å². The highest BCUT2D eigenvalue weighted by molar-refractivity contribution is 9.10. The molecule has 3 nitrogen and oxygen atoms in total. The zero-order valence-corrected chi connectivity index (χ0v) is 18.5. The van der Waals surface area contributed by atoms with Crippen molar-refractivity contribution < 1.29 is 4.79 Å². The Morgan fingerprint density at radius 2 is 1.64 bits per heavy atom. The lowest BCUT2D eigenvalue weighted by molar-refractivity contribution is 0.0717. The fourth-order valence-electron chi connectivity index (χ4n) is 3.44. The van der Waals surface area contributed by atoms with Gasteiger partial charge in [-0.3, -0.25) is 4.79 Å². The number of carbonyl (C=O) groups excluding carboxylic acids is 1.